The fourth-order valence-electron chi connectivity index (χ4n) is 1.84. The molecule has 0 aliphatic carbocycles. The van der Waals surface area contributed by atoms with Gasteiger partial charge in [-0.2, -0.15) is 0 Å². The van der Waals surface area contributed by atoms with Crippen LogP contribution in [0.25, 0.3) is 10.2 Å². The van der Waals surface area contributed by atoms with Crippen LogP contribution in [-0.2, 0) is 6.54 Å². The van der Waals surface area contributed by atoms with Crippen molar-refractivity contribution in [2.75, 3.05) is 5.32 Å². The maximum Gasteiger partial charge on any atom is 0.225 e. The van der Waals surface area contributed by atoms with E-state index in [1.807, 2.05) is 30.5 Å². The zero-order valence-corrected chi connectivity index (χ0v) is 11.8. The number of halogens is 1. The number of nitrogens with one attached hydrogen (secondary N) is 1. The molecule has 3 aromatic rings. The van der Waals surface area contributed by atoms with Crippen LogP contribution in [0.15, 0.2) is 29.8 Å². The van der Waals surface area contributed by atoms with E-state index in [0.717, 1.165) is 27.3 Å². The molecule has 0 atom stereocenters. The van der Waals surface area contributed by atoms with Gasteiger partial charge < -0.3 is 5.32 Å². The van der Waals surface area contributed by atoms with E-state index in [-0.39, 0.29) is 5.28 Å². The van der Waals surface area contributed by atoms with Crippen LogP contribution in [0.2, 0.25) is 5.28 Å². The molecule has 0 saturated carbocycles. The smallest absolute Gasteiger partial charge is 0.225 e. The molecule has 96 valence electrons. The number of rotatable bonds is 3. The van der Waals surface area contributed by atoms with Gasteiger partial charge in [-0.3, -0.25) is 4.98 Å². The summed E-state index contributed by atoms with van der Waals surface area (Å²) in [6, 6.07) is 5.96. The topological polar surface area (TPSA) is 50.7 Å². The highest BCUT2D eigenvalue weighted by Gasteiger charge is 2.08. The van der Waals surface area contributed by atoms with Crippen LogP contribution >= 0.6 is 22.9 Å². The first-order valence-corrected chi connectivity index (χ1v) is 7.05. The van der Waals surface area contributed by atoms with Crippen LogP contribution in [0.4, 0.5) is 5.82 Å². The van der Waals surface area contributed by atoms with Crippen LogP contribution in [0.1, 0.15) is 11.3 Å². The monoisotopic (exact) mass is 290 g/mol. The number of hydrogen-bond acceptors (Lipinski definition) is 5. The first-order chi connectivity index (χ1) is 9.24. The van der Waals surface area contributed by atoms with Crippen molar-refractivity contribution in [1.29, 1.82) is 0 Å². The van der Waals surface area contributed by atoms with E-state index in [9.17, 15) is 0 Å². The molecule has 0 unspecified atom stereocenters. The molecule has 4 nitrogen and oxygen atoms in total. The second-order valence-electron chi connectivity index (χ2n) is 4.10. The van der Waals surface area contributed by atoms with E-state index in [4.69, 9.17) is 11.6 Å². The van der Waals surface area contributed by atoms with E-state index in [1.54, 1.807) is 17.5 Å². The molecule has 1 N–H and O–H groups in total. The summed E-state index contributed by atoms with van der Waals surface area (Å²) in [5.41, 5.74) is 2.15. The number of pyridine rings is 1. The molecule has 6 heteroatoms. The summed E-state index contributed by atoms with van der Waals surface area (Å²) in [5.74, 6) is 0.751. The Labute approximate surface area is 119 Å². The first-order valence-electron chi connectivity index (χ1n) is 5.79. The zero-order valence-electron chi connectivity index (χ0n) is 10.2. The molecule has 0 aromatic carbocycles. The largest absolute Gasteiger partial charge is 0.364 e. The second-order valence-corrected chi connectivity index (χ2v) is 5.33. The second kappa shape index (κ2) is 5.11. The lowest BCUT2D eigenvalue weighted by atomic mass is 10.2. The molecule has 3 aromatic heterocycles. The Hall–Kier alpha value is -1.72. The molecule has 0 aliphatic rings. The summed E-state index contributed by atoms with van der Waals surface area (Å²) in [4.78, 5) is 13.7. The summed E-state index contributed by atoms with van der Waals surface area (Å²) in [6.45, 7) is 2.65. The SMILES string of the molecule is Cc1cccnc1CNc1nc(Cl)nc2sccc12. The molecule has 0 fully saturated rings. The molecule has 0 saturated heterocycles. The molecule has 0 radical (unpaired) electrons. The Morgan fingerprint density at radius 3 is 3.05 bits per heavy atom. The van der Waals surface area contributed by atoms with Crippen molar-refractivity contribution in [3.63, 3.8) is 0 Å². The summed E-state index contributed by atoms with van der Waals surface area (Å²) in [5, 5.41) is 6.51. The van der Waals surface area contributed by atoms with E-state index in [1.165, 1.54) is 0 Å². The summed E-state index contributed by atoms with van der Waals surface area (Å²) >= 11 is 7.47. The number of aromatic nitrogens is 3. The molecular weight excluding hydrogens is 280 g/mol. The van der Waals surface area contributed by atoms with Crippen molar-refractivity contribution in [1.82, 2.24) is 15.0 Å². The van der Waals surface area contributed by atoms with Crippen LogP contribution < -0.4 is 5.32 Å². The first kappa shape index (κ1) is 12.3. The number of aryl methyl sites for hydroxylation is 1. The Balaban J connectivity index is 1.90. The molecular formula is C13H11ClN4S. The van der Waals surface area contributed by atoms with E-state index in [0.29, 0.717) is 6.54 Å². The zero-order chi connectivity index (χ0) is 13.2. The molecule has 3 heterocycles. The predicted molar refractivity (Wildman–Crippen MR) is 78.7 cm³/mol. The molecule has 0 spiro atoms. The van der Waals surface area contributed by atoms with Gasteiger partial charge in [0.05, 0.1) is 17.6 Å². The minimum atomic E-state index is 0.259. The molecule has 0 aliphatic heterocycles. The van der Waals surface area contributed by atoms with Gasteiger partial charge in [0.2, 0.25) is 5.28 Å². The lowest BCUT2D eigenvalue weighted by Crippen LogP contribution is -2.05. The number of fused-ring (bicyclic) bond motifs is 1. The summed E-state index contributed by atoms with van der Waals surface area (Å²) in [7, 11) is 0. The van der Waals surface area contributed by atoms with Gasteiger partial charge in [0, 0.05) is 6.20 Å². The highest BCUT2D eigenvalue weighted by atomic mass is 35.5. The van der Waals surface area contributed by atoms with E-state index in [2.05, 4.69) is 20.3 Å². The van der Waals surface area contributed by atoms with E-state index >= 15 is 0 Å². The van der Waals surface area contributed by atoms with Crippen LogP contribution in [0.5, 0.6) is 0 Å². The third kappa shape index (κ3) is 2.52. The third-order valence-electron chi connectivity index (χ3n) is 2.84. The van der Waals surface area contributed by atoms with Gasteiger partial charge in [-0.25, -0.2) is 9.97 Å². The van der Waals surface area contributed by atoms with Gasteiger partial charge in [-0.15, -0.1) is 11.3 Å². The highest BCUT2D eigenvalue weighted by molar-refractivity contribution is 7.16. The number of anilines is 1. The van der Waals surface area contributed by atoms with Crippen LogP contribution in [-0.4, -0.2) is 15.0 Å². The van der Waals surface area contributed by atoms with Gasteiger partial charge >= 0.3 is 0 Å². The summed E-state index contributed by atoms with van der Waals surface area (Å²) in [6.07, 6.45) is 1.79. The minimum Gasteiger partial charge on any atom is -0.364 e. The van der Waals surface area contributed by atoms with Crippen molar-refractivity contribution in [3.8, 4) is 0 Å². The lowest BCUT2D eigenvalue weighted by Gasteiger charge is -2.08. The summed E-state index contributed by atoms with van der Waals surface area (Å²) < 4.78 is 0. The quantitative estimate of drug-likeness (QED) is 0.748. The average molecular weight is 291 g/mol. The molecule has 0 amide bonds. The minimum absolute atomic E-state index is 0.259. The Morgan fingerprint density at radius 1 is 1.32 bits per heavy atom. The highest BCUT2D eigenvalue weighted by Crippen LogP contribution is 2.26. The van der Waals surface area contributed by atoms with Gasteiger partial charge in [-0.1, -0.05) is 6.07 Å². The van der Waals surface area contributed by atoms with E-state index < -0.39 is 0 Å². The normalized spacial score (nSPS) is 10.8. The maximum absolute atomic E-state index is 5.92. The van der Waals surface area contributed by atoms with Gasteiger partial charge in [0.1, 0.15) is 10.6 Å². The van der Waals surface area contributed by atoms with Crippen molar-refractivity contribution in [2.24, 2.45) is 0 Å². The maximum atomic E-state index is 5.92. The van der Waals surface area contributed by atoms with Crippen LogP contribution in [0.3, 0.4) is 0 Å². The van der Waals surface area contributed by atoms with Gasteiger partial charge in [0.25, 0.3) is 0 Å². The van der Waals surface area contributed by atoms with Crippen molar-refractivity contribution >= 4 is 39.0 Å². The number of thiophene rings is 1. The van der Waals surface area contributed by atoms with Crippen molar-refractivity contribution in [2.45, 2.75) is 13.5 Å². The molecule has 0 bridgehead atoms. The van der Waals surface area contributed by atoms with Crippen molar-refractivity contribution < 1.29 is 0 Å². The Bertz CT molecular complexity index is 725. The van der Waals surface area contributed by atoms with Gasteiger partial charge in [-0.05, 0) is 41.6 Å². The third-order valence-corrected chi connectivity index (χ3v) is 3.81. The van der Waals surface area contributed by atoms with Crippen LogP contribution in [0, 0.1) is 6.92 Å². The number of nitrogens with zero attached hydrogens (tertiary/aromatic N) is 3. The fraction of sp³-hybridized carbons (Fsp3) is 0.154. The number of hydrogen-bond donors (Lipinski definition) is 1. The predicted octanol–water partition coefficient (Wildman–Crippen LogP) is 3.66. The standard InChI is InChI=1S/C13H11ClN4S/c1-8-3-2-5-15-10(8)7-16-11-9-4-6-19-12(9)18-13(14)17-11/h2-6H,7H2,1H3,(H,16,17,18). The Kier molecular flexibility index (Phi) is 3.31. The molecule has 3 rings (SSSR count). The Morgan fingerprint density at radius 2 is 2.21 bits per heavy atom. The molecule has 19 heavy (non-hydrogen) atoms. The van der Waals surface area contributed by atoms with Gasteiger partial charge in [0.15, 0.2) is 0 Å². The average Bonchev–Trinajstić information content (AvgIpc) is 2.85. The lowest BCUT2D eigenvalue weighted by molar-refractivity contribution is 1.01. The van der Waals surface area contributed by atoms with Crippen molar-refractivity contribution in [3.05, 3.63) is 46.3 Å². The fourth-order valence-corrected chi connectivity index (χ4v) is 2.82.